The molecule has 0 heterocycles. The Kier molecular flexibility index (Phi) is 7.52. The minimum absolute atomic E-state index is 0. The van der Waals surface area contributed by atoms with Crippen LogP contribution in [0, 0.1) is 0 Å². The molecule has 0 fully saturated rings. The molecule has 0 radical (unpaired) electrons. The van der Waals surface area contributed by atoms with Crippen molar-refractivity contribution >= 4 is 32.2 Å². The first-order chi connectivity index (χ1) is 3.18. The molecule has 0 aromatic rings. The molecule has 50 valence electrons. The molecule has 0 aromatic carbocycles. The molecule has 0 bridgehead atoms. The van der Waals surface area contributed by atoms with E-state index in [4.69, 9.17) is 10.2 Å². The number of carboxylic acids is 1. The van der Waals surface area contributed by atoms with Crippen LogP contribution < -0.4 is 0 Å². The number of rotatable bonds is 2. The topological polar surface area (TPSA) is 66.8 Å². The number of carbonyl (C=O) groups is 1. The second-order valence-corrected chi connectivity index (χ2v) is 0.926. The molecule has 0 aliphatic rings. The first-order valence-corrected chi connectivity index (χ1v) is 1.62. The first-order valence-electron chi connectivity index (χ1n) is 1.62. The number of aliphatic hydroxyl groups is 1. The molecule has 0 aliphatic heterocycles. The summed E-state index contributed by atoms with van der Waals surface area (Å²) in [6.45, 7) is 0. The normalized spacial score (nSPS) is 11.8. The van der Waals surface area contributed by atoms with E-state index in [-0.39, 0.29) is 26.2 Å². The van der Waals surface area contributed by atoms with Crippen LogP contribution in [0.1, 0.15) is 0 Å². The molecule has 4 nitrogen and oxygen atoms in total. The first kappa shape index (κ1) is 11.1. The predicted molar refractivity (Wildman–Crippen MR) is 30.6 cm³/mol. The maximum absolute atomic E-state index is 9.56. The summed E-state index contributed by atoms with van der Waals surface area (Å²) in [6.07, 6.45) is -1.68. The van der Waals surface area contributed by atoms with Gasteiger partial charge < -0.3 is 14.9 Å². The quantitative estimate of drug-likeness (QED) is 0.450. The van der Waals surface area contributed by atoms with Crippen LogP contribution in [0.5, 0.6) is 0 Å². The average molecular weight is 318 g/mol. The maximum atomic E-state index is 9.56. The van der Waals surface area contributed by atoms with Crippen molar-refractivity contribution in [3.05, 3.63) is 0 Å². The van der Waals surface area contributed by atoms with Crippen molar-refractivity contribution < 1.29 is 19.7 Å². The van der Waals surface area contributed by atoms with Gasteiger partial charge in [0.1, 0.15) is 0 Å². The van der Waals surface area contributed by atoms with Gasteiger partial charge in [-0.2, -0.15) is 0 Å². The zero-order chi connectivity index (χ0) is 5.86. The standard InChI is InChI=1S/C3H6O4.Bi.3H/c1-7-3(6)2(4)5;;;;/h3,6H,1H3,(H,4,5);;;;. The fourth-order valence-electron chi connectivity index (χ4n) is 0.101. The van der Waals surface area contributed by atoms with E-state index < -0.39 is 12.3 Å². The summed E-state index contributed by atoms with van der Waals surface area (Å²) in [7, 11) is 1.11. The molecule has 0 rings (SSSR count). The van der Waals surface area contributed by atoms with Crippen molar-refractivity contribution in [2.75, 3.05) is 7.11 Å². The Morgan fingerprint density at radius 1 is 1.75 bits per heavy atom. The van der Waals surface area contributed by atoms with Gasteiger partial charge in [-0.3, -0.25) is 0 Å². The number of aliphatic hydroxyl groups excluding tert-OH is 1. The van der Waals surface area contributed by atoms with E-state index in [1.54, 1.807) is 0 Å². The van der Waals surface area contributed by atoms with Crippen LogP contribution in [0.2, 0.25) is 0 Å². The van der Waals surface area contributed by atoms with E-state index in [2.05, 4.69) is 4.74 Å². The zero-order valence-electron chi connectivity index (χ0n) is 4.50. The van der Waals surface area contributed by atoms with Gasteiger partial charge in [0.25, 0.3) is 6.29 Å². The Hall–Kier alpha value is 0.273. The third-order valence-corrected chi connectivity index (χ3v) is 0.435. The van der Waals surface area contributed by atoms with Crippen molar-refractivity contribution in [2.45, 2.75) is 6.29 Å². The molecule has 1 atom stereocenters. The van der Waals surface area contributed by atoms with Gasteiger partial charge in [-0.15, -0.1) is 0 Å². The Morgan fingerprint density at radius 2 is 2.12 bits per heavy atom. The third kappa shape index (κ3) is 4.43. The van der Waals surface area contributed by atoms with Crippen LogP contribution >= 0.6 is 0 Å². The van der Waals surface area contributed by atoms with Crippen LogP contribution in [0.3, 0.4) is 0 Å². The van der Waals surface area contributed by atoms with E-state index in [0.717, 1.165) is 7.11 Å². The molecule has 8 heavy (non-hydrogen) atoms. The Labute approximate surface area is 65.6 Å². The van der Waals surface area contributed by atoms with Gasteiger partial charge in [0.05, 0.1) is 0 Å². The molecule has 0 saturated heterocycles. The molecule has 0 saturated carbocycles. The molecular formula is C3H9BiO4. The number of methoxy groups -OCH3 is 1. The van der Waals surface area contributed by atoms with Gasteiger partial charge in [0, 0.05) is 7.11 Å². The second-order valence-electron chi connectivity index (χ2n) is 0.926. The van der Waals surface area contributed by atoms with E-state index in [1.165, 1.54) is 0 Å². The minimum atomic E-state index is -1.68. The number of ether oxygens (including phenoxy) is 1. The van der Waals surface area contributed by atoms with Crippen molar-refractivity contribution in [1.82, 2.24) is 0 Å². The van der Waals surface area contributed by atoms with Crippen LogP contribution in [0.25, 0.3) is 0 Å². The fourth-order valence-corrected chi connectivity index (χ4v) is 0.101. The van der Waals surface area contributed by atoms with Gasteiger partial charge in [-0.25, -0.2) is 4.79 Å². The van der Waals surface area contributed by atoms with Gasteiger partial charge >= 0.3 is 32.2 Å². The van der Waals surface area contributed by atoms with E-state index in [1.807, 2.05) is 0 Å². The van der Waals surface area contributed by atoms with Gasteiger partial charge in [0.2, 0.25) is 0 Å². The second kappa shape index (κ2) is 5.41. The van der Waals surface area contributed by atoms with Crippen molar-refractivity contribution in [3.63, 3.8) is 0 Å². The molecule has 5 heteroatoms. The van der Waals surface area contributed by atoms with Gasteiger partial charge in [-0.05, 0) is 0 Å². The summed E-state index contributed by atoms with van der Waals surface area (Å²) in [5.41, 5.74) is 0. The summed E-state index contributed by atoms with van der Waals surface area (Å²) >= 11 is 0. The summed E-state index contributed by atoms with van der Waals surface area (Å²) in [4.78, 5) is 9.56. The number of hydrogen-bond acceptors (Lipinski definition) is 3. The number of aliphatic carboxylic acids is 1. The predicted octanol–water partition coefficient (Wildman–Crippen LogP) is -2.15. The van der Waals surface area contributed by atoms with Crippen LogP contribution in [0.15, 0.2) is 0 Å². The summed E-state index contributed by atoms with van der Waals surface area (Å²) in [5.74, 6) is -1.37. The van der Waals surface area contributed by atoms with Crippen molar-refractivity contribution in [3.8, 4) is 0 Å². The molecular weight excluding hydrogens is 309 g/mol. The van der Waals surface area contributed by atoms with Crippen molar-refractivity contribution in [2.24, 2.45) is 0 Å². The van der Waals surface area contributed by atoms with E-state index in [0.29, 0.717) is 0 Å². The zero-order valence-corrected chi connectivity index (χ0v) is 9.99. The van der Waals surface area contributed by atoms with Crippen LogP contribution in [-0.2, 0) is 9.53 Å². The van der Waals surface area contributed by atoms with Gasteiger partial charge in [0.15, 0.2) is 0 Å². The van der Waals surface area contributed by atoms with Crippen LogP contribution in [-0.4, -0.2) is 55.8 Å². The van der Waals surface area contributed by atoms with Crippen LogP contribution in [0.4, 0.5) is 0 Å². The molecule has 0 amide bonds. The Morgan fingerprint density at radius 3 is 2.12 bits per heavy atom. The SMILES string of the molecule is COC(O)C(=O)O.[BiH3]. The number of hydrogen-bond donors (Lipinski definition) is 2. The summed E-state index contributed by atoms with van der Waals surface area (Å²) in [6, 6.07) is 0. The molecule has 0 aliphatic carbocycles. The Bertz CT molecular complexity index is 73.7. The van der Waals surface area contributed by atoms with E-state index in [9.17, 15) is 4.79 Å². The van der Waals surface area contributed by atoms with Crippen molar-refractivity contribution in [1.29, 1.82) is 0 Å². The number of carboxylic acid groups (broad SMARTS) is 1. The van der Waals surface area contributed by atoms with Gasteiger partial charge in [-0.1, -0.05) is 0 Å². The monoisotopic (exact) mass is 318 g/mol. The Balaban J connectivity index is 0. The molecule has 0 spiro atoms. The summed E-state index contributed by atoms with van der Waals surface area (Å²) < 4.78 is 3.97. The average Bonchev–Trinajstić information content (AvgIpc) is 1.65. The fraction of sp³-hybridized carbons (Fsp3) is 0.667. The van der Waals surface area contributed by atoms with E-state index >= 15 is 0 Å². The molecule has 0 aromatic heterocycles. The third-order valence-electron chi connectivity index (χ3n) is 0.435. The molecule has 2 N–H and O–H groups in total. The summed E-state index contributed by atoms with van der Waals surface area (Å²) in [5, 5.41) is 15.9. The molecule has 1 unspecified atom stereocenters.